The van der Waals surface area contributed by atoms with Crippen molar-refractivity contribution in [3.63, 3.8) is 0 Å². The highest BCUT2D eigenvalue weighted by Crippen LogP contribution is 2.33. The predicted octanol–water partition coefficient (Wildman–Crippen LogP) is 6.85. The number of methoxy groups -OCH3 is 1. The summed E-state index contributed by atoms with van der Waals surface area (Å²) in [7, 11) is 1.68. The number of aryl methyl sites for hydroxylation is 1. The first-order valence-corrected chi connectivity index (χ1v) is 10.6. The first kappa shape index (κ1) is 21.4. The quantitative estimate of drug-likeness (QED) is 0.252. The van der Waals surface area contributed by atoms with Gasteiger partial charge >= 0.3 is 5.97 Å². The Labute approximate surface area is 189 Å². The molecule has 0 atom stereocenters. The average molecular weight is 423 g/mol. The van der Waals surface area contributed by atoms with Crippen LogP contribution in [0, 0.1) is 6.92 Å². The van der Waals surface area contributed by atoms with Crippen LogP contribution in [-0.2, 0) is 11.2 Å². The van der Waals surface area contributed by atoms with Crippen LogP contribution < -0.4 is 9.47 Å². The van der Waals surface area contributed by atoms with Gasteiger partial charge in [0.15, 0.2) is 0 Å². The minimum atomic E-state index is -0.324. The highest BCUT2D eigenvalue weighted by Gasteiger charge is 2.12. The summed E-state index contributed by atoms with van der Waals surface area (Å²) in [6, 6.07) is 30.9. The predicted molar refractivity (Wildman–Crippen MR) is 129 cm³/mol. The van der Waals surface area contributed by atoms with Crippen LogP contribution >= 0.6 is 0 Å². The van der Waals surface area contributed by atoms with Crippen molar-refractivity contribution in [1.29, 1.82) is 0 Å². The van der Waals surface area contributed by atoms with Gasteiger partial charge in [-0.2, -0.15) is 0 Å². The van der Waals surface area contributed by atoms with Crippen LogP contribution in [-0.4, -0.2) is 13.1 Å². The van der Waals surface area contributed by atoms with Crippen LogP contribution in [0.5, 0.6) is 11.5 Å². The molecule has 3 nitrogen and oxygen atoms in total. The first-order valence-electron chi connectivity index (χ1n) is 10.6. The van der Waals surface area contributed by atoms with Gasteiger partial charge < -0.3 is 9.47 Å². The molecule has 0 unspecified atom stereocenters. The smallest absolute Gasteiger partial charge is 0.308 e. The Morgan fingerprint density at radius 2 is 1.56 bits per heavy atom. The van der Waals surface area contributed by atoms with E-state index in [9.17, 15) is 4.79 Å². The van der Waals surface area contributed by atoms with Gasteiger partial charge in [-0.3, -0.25) is 4.79 Å². The second-order valence-electron chi connectivity index (χ2n) is 7.84. The van der Waals surface area contributed by atoms with Crippen molar-refractivity contribution in [2.75, 3.05) is 7.11 Å². The number of carbonyl (C=O) groups is 1. The van der Waals surface area contributed by atoms with Gasteiger partial charge in [0, 0.05) is 6.92 Å². The standard InChI is InChI=1S/C29H26O3/c1-20-16-25(12-15-29(20)31-3)28-14-13-27(32-21(2)30)19-26(28)18-22-8-7-11-24(17-22)23-9-5-4-6-10-23/h4-17,19H,18H2,1-3H3. The lowest BCUT2D eigenvalue weighted by Gasteiger charge is -2.14. The normalized spacial score (nSPS) is 10.6. The van der Waals surface area contributed by atoms with Crippen LogP contribution in [0.4, 0.5) is 0 Å². The van der Waals surface area contributed by atoms with Crippen molar-refractivity contribution >= 4 is 5.97 Å². The molecule has 0 aliphatic rings. The molecule has 160 valence electrons. The lowest BCUT2D eigenvalue weighted by molar-refractivity contribution is -0.131. The topological polar surface area (TPSA) is 35.5 Å². The van der Waals surface area contributed by atoms with E-state index < -0.39 is 0 Å². The van der Waals surface area contributed by atoms with Crippen LogP contribution in [0.25, 0.3) is 22.3 Å². The molecule has 4 aromatic rings. The fourth-order valence-corrected chi connectivity index (χ4v) is 3.98. The Morgan fingerprint density at radius 1 is 0.781 bits per heavy atom. The number of rotatable bonds is 6. The largest absolute Gasteiger partial charge is 0.496 e. The number of hydrogen-bond acceptors (Lipinski definition) is 3. The summed E-state index contributed by atoms with van der Waals surface area (Å²) in [6.07, 6.45) is 0.718. The molecule has 0 aliphatic carbocycles. The summed E-state index contributed by atoms with van der Waals surface area (Å²) >= 11 is 0. The van der Waals surface area contributed by atoms with Crippen LogP contribution in [0.1, 0.15) is 23.6 Å². The Balaban J connectivity index is 1.75. The lowest BCUT2D eigenvalue weighted by Crippen LogP contribution is -2.02. The van der Waals surface area contributed by atoms with Gasteiger partial charge in [-0.05, 0) is 76.6 Å². The lowest BCUT2D eigenvalue weighted by atomic mass is 9.92. The molecule has 4 aromatic carbocycles. The van der Waals surface area contributed by atoms with Gasteiger partial charge in [0.1, 0.15) is 11.5 Å². The first-order chi connectivity index (χ1) is 15.5. The Bertz CT molecular complexity index is 1240. The zero-order chi connectivity index (χ0) is 22.5. The van der Waals surface area contributed by atoms with Gasteiger partial charge in [-0.1, -0.05) is 66.7 Å². The SMILES string of the molecule is COc1ccc(-c2ccc(OC(C)=O)cc2Cc2cccc(-c3ccccc3)c2)cc1C. The second-order valence-corrected chi connectivity index (χ2v) is 7.84. The van der Waals surface area contributed by atoms with Crippen molar-refractivity contribution in [1.82, 2.24) is 0 Å². The third-order valence-corrected chi connectivity index (χ3v) is 5.47. The van der Waals surface area contributed by atoms with E-state index in [1.54, 1.807) is 7.11 Å². The van der Waals surface area contributed by atoms with Gasteiger partial charge in [-0.15, -0.1) is 0 Å². The highest BCUT2D eigenvalue weighted by molar-refractivity contribution is 5.73. The van der Waals surface area contributed by atoms with E-state index >= 15 is 0 Å². The number of esters is 1. The van der Waals surface area contributed by atoms with Crippen molar-refractivity contribution in [3.05, 3.63) is 108 Å². The fourth-order valence-electron chi connectivity index (χ4n) is 3.98. The van der Waals surface area contributed by atoms with Crippen molar-refractivity contribution in [3.8, 4) is 33.8 Å². The van der Waals surface area contributed by atoms with E-state index in [1.807, 2.05) is 37.3 Å². The number of carbonyl (C=O) groups excluding carboxylic acids is 1. The molecule has 0 aromatic heterocycles. The average Bonchev–Trinajstić information content (AvgIpc) is 2.80. The van der Waals surface area contributed by atoms with Crippen LogP contribution in [0.2, 0.25) is 0 Å². The molecule has 0 radical (unpaired) electrons. The monoisotopic (exact) mass is 422 g/mol. The zero-order valence-corrected chi connectivity index (χ0v) is 18.6. The van der Waals surface area contributed by atoms with Gasteiger partial charge in [0.2, 0.25) is 0 Å². The van der Waals surface area contributed by atoms with Crippen LogP contribution in [0.3, 0.4) is 0 Å². The summed E-state index contributed by atoms with van der Waals surface area (Å²) in [5.74, 6) is 1.10. The second kappa shape index (κ2) is 9.52. The summed E-state index contributed by atoms with van der Waals surface area (Å²) in [5, 5.41) is 0. The number of benzene rings is 4. The molecular weight excluding hydrogens is 396 g/mol. The van der Waals surface area contributed by atoms with Crippen molar-refractivity contribution < 1.29 is 14.3 Å². The minimum absolute atomic E-state index is 0.324. The maximum absolute atomic E-state index is 11.5. The zero-order valence-electron chi connectivity index (χ0n) is 18.6. The van der Waals surface area contributed by atoms with E-state index in [4.69, 9.17) is 9.47 Å². The van der Waals surface area contributed by atoms with Gasteiger partial charge in [0.25, 0.3) is 0 Å². The highest BCUT2D eigenvalue weighted by atomic mass is 16.5. The van der Waals surface area contributed by atoms with Gasteiger partial charge in [-0.25, -0.2) is 0 Å². The molecule has 0 heterocycles. The minimum Gasteiger partial charge on any atom is -0.496 e. The van der Waals surface area contributed by atoms with E-state index in [1.165, 1.54) is 23.6 Å². The molecule has 0 spiro atoms. The van der Waals surface area contributed by atoms with Crippen molar-refractivity contribution in [2.45, 2.75) is 20.3 Å². The van der Waals surface area contributed by atoms with E-state index in [0.717, 1.165) is 34.4 Å². The Morgan fingerprint density at radius 3 is 2.28 bits per heavy atom. The van der Waals surface area contributed by atoms with Gasteiger partial charge in [0.05, 0.1) is 7.11 Å². The summed E-state index contributed by atoms with van der Waals surface area (Å²) in [4.78, 5) is 11.5. The van der Waals surface area contributed by atoms with Crippen LogP contribution in [0.15, 0.2) is 91.0 Å². The maximum atomic E-state index is 11.5. The number of hydrogen-bond donors (Lipinski definition) is 0. The molecule has 0 aliphatic heterocycles. The number of ether oxygens (including phenoxy) is 2. The third-order valence-electron chi connectivity index (χ3n) is 5.47. The molecule has 0 N–H and O–H groups in total. The molecule has 4 rings (SSSR count). The molecule has 32 heavy (non-hydrogen) atoms. The van der Waals surface area contributed by atoms with E-state index in [2.05, 4.69) is 60.7 Å². The summed E-state index contributed by atoms with van der Waals surface area (Å²) in [5.41, 5.74) is 7.95. The molecule has 0 bridgehead atoms. The molecular formula is C29H26O3. The molecule has 0 saturated carbocycles. The fraction of sp³-hybridized carbons (Fsp3) is 0.138. The summed E-state index contributed by atoms with van der Waals surface area (Å²) in [6.45, 7) is 3.46. The Kier molecular flexibility index (Phi) is 6.37. The summed E-state index contributed by atoms with van der Waals surface area (Å²) < 4.78 is 10.8. The molecule has 0 saturated heterocycles. The molecule has 0 fully saturated rings. The van der Waals surface area contributed by atoms with E-state index in [-0.39, 0.29) is 5.97 Å². The molecule has 0 amide bonds. The van der Waals surface area contributed by atoms with Crippen molar-refractivity contribution in [2.24, 2.45) is 0 Å². The van der Waals surface area contributed by atoms with E-state index in [0.29, 0.717) is 5.75 Å². The Hall–Kier alpha value is -3.85. The molecule has 3 heteroatoms. The maximum Gasteiger partial charge on any atom is 0.308 e. The third kappa shape index (κ3) is 4.89.